The van der Waals surface area contributed by atoms with Crippen LogP contribution in [0.3, 0.4) is 0 Å². The molecule has 0 aromatic heterocycles. The molecule has 0 aliphatic carbocycles. The second-order valence-corrected chi connectivity index (χ2v) is 7.42. The molecule has 6 heteroatoms. The first kappa shape index (κ1) is 16.6. The second kappa shape index (κ2) is 8.00. The zero-order valence-electron chi connectivity index (χ0n) is 9.13. The van der Waals surface area contributed by atoms with Crippen LogP contribution in [-0.2, 0) is 11.3 Å². The third-order valence-electron chi connectivity index (χ3n) is 2.19. The quantitative estimate of drug-likeness (QED) is 0.219. The average Bonchev–Trinajstić information content (AvgIpc) is 2.33. The lowest BCUT2D eigenvalue weighted by Crippen LogP contribution is -1.99. The summed E-state index contributed by atoms with van der Waals surface area (Å²) in [5, 5.41) is 0. The van der Waals surface area contributed by atoms with Crippen molar-refractivity contribution in [2.45, 2.75) is 26.4 Å². The number of benzene rings is 1. The summed E-state index contributed by atoms with van der Waals surface area (Å²) in [7, 11) is 0. The third-order valence-corrected chi connectivity index (χ3v) is 8.45. The Hall–Kier alpha value is 1.58. The van der Waals surface area contributed by atoms with Gasteiger partial charge >= 0.3 is 0 Å². The molecule has 17 heavy (non-hydrogen) atoms. The van der Waals surface area contributed by atoms with Gasteiger partial charge < -0.3 is 4.74 Å². The van der Waals surface area contributed by atoms with Crippen molar-refractivity contribution < 1.29 is 4.74 Å². The van der Waals surface area contributed by atoms with Crippen LogP contribution in [0.2, 0.25) is 0 Å². The highest BCUT2D eigenvalue weighted by Crippen LogP contribution is 2.44. The lowest BCUT2D eigenvalue weighted by Gasteiger charge is -2.13. The number of hydrogen-bond donors (Lipinski definition) is 0. The Morgan fingerprint density at radius 2 is 1.29 bits per heavy atom. The van der Waals surface area contributed by atoms with Crippen LogP contribution in [0.25, 0.3) is 0 Å². The summed E-state index contributed by atoms with van der Waals surface area (Å²) < 4.78 is 10.6. The minimum atomic E-state index is 0.589. The van der Waals surface area contributed by atoms with E-state index in [9.17, 15) is 0 Å². The molecule has 0 aliphatic heterocycles. The Bertz CT molecular complexity index is 376. The van der Waals surface area contributed by atoms with E-state index in [1.807, 2.05) is 0 Å². The average molecular weight is 559 g/mol. The Labute approximate surface area is 144 Å². The van der Waals surface area contributed by atoms with Crippen LogP contribution in [0.1, 0.15) is 25.3 Å². The van der Waals surface area contributed by atoms with E-state index in [1.165, 1.54) is 0 Å². The van der Waals surface area contributed by atoms with Gasteiger partial charge in [0.05, 0.1) is 6.61 Å². The molecule has 0 fully saturated rings. The molecule has 1 rings (SSSR count). The molecule has 0 radical (unpaired) electrons. The van der Waals surface area contributed by atoms with Gasteiger partial charge in [-0.3, -0.25) is 0 Å². The smallest absolute Gasteiger partial charge is 0.0739 e. The second-order valence-electron chi connectivity index (χ2n) is 3.45. The molecular formula is C11H11Br5O. The predicted octanol–water partition coefficient (Wildman–Crippen LogP) is 6.82. The fourth-order valence-electron chi connectivity index (χ4n) is 1.20. The molecule has 0 amide bonds. The molecule has 96 valence electrons. The van der Waals surface area contributed by atoms with Crippen LogP contribution < -0.4 is 0 Å². The molecule has 0 bridgehead atoms. The molecular weight excluding hydrogens is 548 g/mol. The SMILES string of the molecule is CCCCOCc1c(Br)c(Br)c(Br)c(Br)c1Br. The van der Waals surface area contributed by atoms with Crippen LogP contribution in [0.15, 0.2) is 22.4 Å². The zero-order chi connectivity index (χ0) is 13.0. The molecule has 0 heterocycles. The molecule has 1 aromatic carbocycles. The summed E-state index contributed by atoms with van der Waals surface area (Å²) in [5.41, 5.74) is 1.10. The van der Waals surface area contributed by atoms with Crippen molar-refractivity contribution in [1.82, 2.24) is 0 Å². The van der Waals surface area contributed by atoms with Crippen molar-refractivity contribution >= 4 is 79.6 Å². The summed E-state index contributed by atoms with van der Waals surface area (Å²) in [6.45, 7) is 3.54. The van der Waals surface area contributed by atoms with E-state index in [4.69, 9.17) is 4.74 Å². The lowest BCUT2D eigenvalue weighted by atomic mass is 10.2. The normalized spacial score (nSPS) is 10.9. The molecule has 0 aliphatic rings. The molecule has 0 unspecified atom stereocenters. The first-order chi connectivity index (χ1) is 8.00. The maximum absolute atomic E-state index is 5.65. The highest BCUT2D eigenvalue weighted by Gasteiger charge is 2.17. The van der Waals surface area contributed by atoms with Crippen LogP contribution in [0, 0.1) is 0 Å². The molecule has 1 aromatic rings. The van der Waals surface area contributed by atoms with Crippen LogP contribution >= 0.6 is 79.6 Å². The predicted molar refractivity (Wildman–Crippen MR) is 89.5 cm³/mol. The van der Waals surface area contributed by atoms with Crippen LogP contribution in [0.5, 0.6) is 0 Å². The molecule has 0 saturated carbocycles. The maximum atomic E-state index is 5.65. The highest BCUT2D eigenvalue weighted by atomic mass is 79.9. The summed E-state index contributed by atoms with van der Waals surface area (Å²) in [6, 6.07) is 0. The van der Waals surface area contributed by atoms with Gasteiger partial charge in [0.15, 0.2) is 0 Å². The van der Waals surface area contributed by atoms with E-state index in [2.05, 4.69) is 86.6 Å². The Morgan fingerprint density at radius 1 is 0.824 bits per heavy atom. The number of unbranched alkanes of at least 4 members (excludes halogenated alkanes) is 1. The minimum absolute atomic E-state index is 0.589. The lowest BCUT2D eigenvalue weighted by molar-refractivity contribution is 0.117. The maximum Gasteiger partial charge on any atom is 0.0739 e. The van der Waals surface area contributed by atoms with Crippen LogP contribution in [-0.4, -0.2) is 6.61 Å². The largest absolute Gasteiger partial charge is 0.377 e. The van der Waals surface area contributed by atoms with E-state index in [1.54, 1.807) is 0 Å². The van der Waals surface area contributed by atoms with E-state index >= 15 is 0 Å². The minimum Gasteiger partial charge on any atom is -0.377 e. The van der Waals surface area contributed by atoms with E-state index in [0.29, 0.717) is 6.61 Å². The molecule has 0 spiro atoms. The molecule has 0 N–H and O–H groups in total. The number of ether oxygens (including phenoxy) is 1. The third kappa shape index (κ3) is 4.28. The fraction of sp³-hybridized carbons (Fsp3) is 0.455. The van der Waals surface area contributed by atoms with Gasteiger partial charge in [-0.25, -0.2) is 0 Å². The van der Waals surface area contributed by atoms with Crippen molar-refractivity contribution in [3.8, 4) is 0 Å². The summed E-state index contributed by atoms with van der Waals surface area (Å²) in [5.74, 6) is 0. The van der Waals surface area contributed by atoms with Crippen molar-refractivity contribution in [2.75, 3.05) is 6.61 Å². The number of rotatable bonds is 5. The molecule has 0 saturated heterocycles. The van der Waals surface area contributed by atoms with Gasteiger partial charge in [-0.1, -0.05) is 13.3 Å². The van der Waals surface area contributed by atoms with Gasteiger partial charge in [-0.05, 0) is 86.1 Å². The summed E-state index contributed by atoms with van der Waals surface area (Å²) in [6.07, 6.45) is 2.24. The van der Waals surface area contributed by atoms with Gasteiger partial charge in [0.25, 0.3) is 0 Å². The molecule has 0 atom stereocenters. The van der Waals surface area contributed by atoms with E-state index < -0.39 is 0 Å². The first-order valence-electron chi connectivity index (χ1n) is 5.08. The van der Waals surface area contributed by atoms with E-state index in [-0.39, 0.29) is 0 Å². The van der Waals surface area contributed by atoms with Gasteiger partial charge in [0.1, 0.15) is 0 Å². The summed E-state index contributed by atoms with van der Waals surface area (Å²) >= 11 is 17.7. The Balaban J connectivity index is 2.92. The summed E-state index contributed by atoms with van der Waals surface area (Å²) in [4.78, 5) is 0. The number of hydrogen-bond acceptors (Lipinski definition) is 1. The number of halogens is 5. The van der Waals surface area contributed by atoms with Crippen molar-refractivity contribution in [3.05, 3.63) is 27.9 Å². The fourth-order valence-corrected chi connectivity index (χ4v) is 4.56. The highest BCUT2D eigenvalue weighted by molar-refractivity contribution is 9.15. The monoisotopic (exact) mass is 554 g/mol. The van der Waals surface area contributed by atoms with Gasteiger partial charge in [-0.15, -0.1) is 0 Å². The Kier molecular flexibility index (Phi) is 7.83. The van der Waals surface area contributed by atoms with E-state index in [0.717, 1.165) is 47.4 Å². The Morgan fingerprint density at radius 3 is 1.76 bits per heavy atom. The standard InChI is InChI=1S/C11H11Br5O/c1-2-3-4-17-5-6-7(12)9(14)11(16)10(15)8(6)13/h2-5H2,1H3. The zero-order valence-corrected chi connectivity index (χ0v) is 17.1. The molecule has 1 nitrogen and oxygen atoms in total. The van der Waals surface area contributed by atoms with Gasteiger partial charge in [0, 0.05) is 34.5 Å². The van der Waals surface area contributed by atoms with Crippen LogP contribution in [0.4, 0.5) is 0 Å². The van der Waals surface area contributed by atoms with Gasteiger partial charge in [-0.2, -0.15) is 0 Å². The van der Waals surface area contributed by atoms with Crippen molar-refractivity contribution in [2.24, 2.45) is 0 Å². The van der Waals surface area contributed by atoms with Crippen molar-refractivity contribution in [1.29, 1.82) is 0 Å². The first-order valence-corrected chi connectivity index (χ1v) is 9.05. The van der Waals surface area contributed by atoms with Crippen molar-refractivity contribution in [3.63, 3.8) is 0 Å². The van der Waals surface area contributed by atoms with Gasteiger partial charge in [0.2, 0.25) is 0 Å². The topological polar surface area (TPSA) is 9.23 Å².